The molecule has 0 fully saturated rings. The normalized spacial score (nSPS) is 10.5. The monoisotopic (exact) mass is 241 g/mol. The van der Waals surface area contributed by atoms with E-state index >= 15 is 0 Å². The van der Waals surface area contributed by atoms with Crippen LogP contribution in [0.5, 0.6) is 5.75 Å². The van der Waals surface area contributed by atoms with Crippen LogP contribution in [0.25, 0.3) is 0 Å². The third-order valence-electron chi connectivity index (χ3n) is 1.52. The molecule has 15 heavy (non-hydrogen) atoms. The second kappa shape index (κ2) is 6.47. The summed E-state index contributed by atoms with van der Waals surface area (Å²) in [4.78, 5) is 0. The molecule has 1 aromatic carbocycles. The first-order valence-corrected chi connectivity index (χ1v) is 5.28. The van der Waals surface area contributed by atoms with E-state index in [1.165, 1.54) is 7.11 Å². The minimum Gasteiger partial charge on any atom is -1.00 e. The summed E-state index contributed by atoms with van der Waals surface area (Å²) >= 11 is 0. The van der Waals surface area contributed by atoms with Crippen molar-refractivity contribution >= 4 is 10.3 Å². The molecular weight excluding hydrogens is 229 g/mol. The van der Waals surface area contributed by atoms with Crippen molar-refractivity contribution in [1.29, 1.82) is 0 Å². The molecule has 0 aliphatic carbocycles. The van der Waals surface area contributed by atoms with Crippen LogP contribution in [0.15, 0.2) is 24.3 Å². The van der Waals surface area contributed by atoms with Gasteiger partial charge in [0.2, 0.25) is 0 Å². The standard InChI is InChI=1S/C8H11NO4S.Na.H/c1-12-8-4-2-3-7(5-8)6-13-14(9,10)11;;/h2-5H,6H2,1H3,(H2,9,10,11);;/q;+1;-1. The fourth-order valence-corrected chi connectivity index (χ4v) is 1.21. The number of rotatable bonds is 4. The van der Waals surface area contributed by atoms with E-state index in [1.54, 1.807) is 24.3 Å². The zero-order chi connectivity index (χ0) is 10.6. The first-order chi connectivity index (χ1) is 6.51. The summed E-state index contributed by atoms with van der Waals surface area (Å²) < 4.78 is 30.3. The summed E-state index contributed by atoms with van der Waals surface area (Å²) in [6.07, 6.45) is 0. The number of nitrogens with two attached hydrogens (primary N) is 1. The van der Waals surface area contributed by atoms with Gasteiger partial charge in [-0.15, -0.1) is 0 Å². The second-order valence-electron chi connectivity index (χ2n) is 2.61. The van der Waals surface area contributed by atoms with Crippen molar-refractivity contribution in [3.05, 3.63) is 29.8 Å². The number of ether oxygens (including phenoxy) is 1. The quantitative estimate of drug-likeness (QED) is 0.593. The van der Waals surface area contributed by atoms with E-state index in [0.29, 0.717) is 11.3 Å². The van der Waals surface area contributed by atoms with Crippen molar-refractivity contribution in [3.8, 4) is 5.75 Å². The van der Waals surface area contributed by atoms with Crippen LogP contribution in [-0.4, -0.2) is 15.5 Å². The van der Waals surface area contributed by atoms with Crippen LogP contribution in [0.1, 0.15) is 6.99 Å². The van der Waals surface area contributed by atoms with Crippen molar-refractivity contribution in [3.63, 3.8) is 0 Å². The molecule has 0 saturated carbocycles. The zero-order valence-electron chi connectivity index (χ0n) is 9.64. The predicted octanol–water partition coefficient (Wildman–Crippen LogP) is -2.47. The Balaban J connectivity index is 0. The van der Waals surface area contributed by atoms with Crippen molar-refractivity contribution < 1.29 is 48.3 Å². The van der Waals surface area contributed by atoms with E-state index in [9.17, 15) is 8.42 Å². The minimum atomic E-state index is -3.88. The molecule has 0 aromatic heterocycles. The van der Waals surface area contributed by atoms with Crippen LogP contribution in [0.4, 0.5) is 0 Å². The minimum absolute atomic E-state index is 0. The summed E-state index contributed by atoms with van der Waals surface area (Å²) in [5.74, 6) is 0.639. The predicted molar refractivity (Wildman–Crippen MR) is 52.0 cm³/mol. The number of hydrogen-bond acceptors (Lipinski definition) is 4. The number of hydrogen-bond donors (Lipinski definition) is 1. The van der Waals surface area contributed by atoms with E-state index in [2.05, 4.69) is 9.32 Å². The Morgan fingerprint density at radius 2 is 2.13 bits per heavy atom. The van der Waals surface area contributed by atoms with Crippen molar-refractivity contribution in [2.45, 2.75) is 6.61 Å². The summed E-state index contributed by atoms with van der Waals surface area (Å²) in [5.41, 5.74) is 0.679. The molecule has 2 N–H and O–H groups in total. The van der Waals surface area contributed by atoms with E-state index in [0.717, 1.165) is 0 Å². The first kappa shape index (κ1) is 14.9. The van der Waals surface area contributed by atoms with Crippen LogP contribution < -0.4 is 39.4 Å². The molecule has 0 unspecified atom stereocenters. The second-order valence-corrected chi connectivity index (χ2v) is 3.83. The van der Waals surface area contributed by atoms with Crippen LogP contribution in [-0.2, 0) is 21.1 Å². The molecule has 0 saturated heterocycles. The van der Waals surface area contributed by atoms with Gasteiger partial charge in [-0.3, -0.25) is 4.18 Å². The van der Waals surface area contributed by atoms with E-state index in [-0.39, 0.29) is 37.6 Å². The zero-order valence-corrected chi connectivity index (χ0v) is 11.5. The van der Waals surface area contributed by atoms with Crippen molar-refractivity contribution in [2.24, 2.45) is 5.14 Å². The molecule has 5 nitrogen and oxygen atoms in total. The average Bonchev–Trinajstić information content (AvgIpc) is 2.14. The van der Waals surface area contributed by atoms with Gasteiger partial charge in [0.1, 0.15) is 5.75 Å². The molecule has 1 rings (SSSR count). The maximum Gasteiger partial charge on any atom is 1.00 e. The smallest absolute Gasteiger partial charge is 1.00 e. The molecule has 0 aliphatic heterocycles. The topological polar surface area (TPSA) is 78.6 Å². The maximum atomic E-state index is 10.5. The maximum absolute atomic E-state index is 10.5. The Kier molecular flexibility index (Phi) is 6.42. The van der Waals surface area contributed by atoms with Gasteiger partial charge < -0.3 is 6.16 Å². The molecule has 1 aromatic rings. The Morgan fingerprint density at radius 3 is 2.67 bits per heavy atom. The Bertz CT molecular complexity index is 412. The van der Waals surface area contributed by atoms with Gasteiger partial charge in [-0.25, -0.2) is 5.14 Å². The Labute approximate surface area is 113 Å². The molecule has 0 heterocycles. The summed E-state index contributed by atoms with van der Waals surface area (Å²) in [7, 11) is -2.36. The van der Waals surface area contributed by atoms with Crippen molar-refractivity contribution in [2.75, 3.05) is 7.11 Å². The Hall–Kier alpha value is -0.110. The number of benzene rings is 1. The van der Waals surface area contributed by atoms with Crippen LogP contribution in [0, 0.1) is 0 Å². The fourth-order valence-electron chi connectivity index (χ4n) is 0.912. The van der Waals surface area contributed by atoms with Gasteiger partial charge in [-0.2, -0.15) is 8.42 Å². The molecular formula is C8H12NNaO4S. The molecule has 0 atom stereocenters. The SMILES string of the molecule is COc1cccc(COS(N)(=O)=O)c1.[H-].[Na+]. The Morgan fingerprint density at radius 1 is 1.47 bits per heavy atom. The van der Waals surface area contributed by atoms with Crippen LogP contribution in [0.2, 0.25) is 0 Å². The van der Waals surface area contributed by atoms with Gasteiger partial charge in [-0.05, 0) is 17.7 Å². The third kappa shape index (κ3) is 6.14. The van der Waals surface area contributed by atoms with Gasteiger partial charge in [0.15, 0.2) is 0 Å². The van der Waals surface area contributed by atoms with Gasteiger partial charge in [0.25, 0.3) is 0 Å². The summed E-state index contributed by atoms with van der Waals surface area (Å²) in [6.45, 7) is -0.0873. The molecule has 7 heteroatoms. The van der Waals surface area contributed by atoms with Gasteiger partial charge in [0, 0.05) is 0 Å². The van der Waals surface area contributed by atoms with Crippen LogP contribution in [0.3, 0.4) is 0 Å². The molecule has 0 spiro atoms. The molecule has 0 aliphatic rings. The fraction of sp³-hybridized carbons (Fsp3) is 0.250. The van der Waals surface area contributed by atoms with Gasteiger partial charge in [-0.1, -0.05) is 12.1 Å². The van der Waals surface area contributed by atoms with E-state index in [1.807, 2.05) is 0 Å². The van der Waals surface area contributed by atoms with E-state index in [4.69, 9.17) is 4.74 Å². The van der Waals surface area contributed by atoms with Crippen LogP contribution >= 0.6 is 0 Å². The number of methoxy groups -OCH3 is 1. The largest absolute Gasteiger partial charge is 1.00 e. The molecule has 0 bridgehead atoms. The molecule has 0 amide bonds. The van der Waals surface area contributed by atoms with E-state index < -0.39 is 10.3 Å². The van der Waals surface area contributed by atoms with Gasteiger partial charge in [0.05, 0.1) is 13.7 Å². The molecule has 80 valence electrons. The summed E-state index contributed by atoms with van der Waals surface area (Å²) in [5, 5.41) is 4.67. The summed E-state index contributed by atoms with van der Waals surface area (Å²) in [6, 6.07) is 6.87. The first-order valence-electron chi connectivity index (χ1n) is 3.81. The third-order valence-corrected chi connectivity index (χ3v) is 1.97. The van der Waals surface area contributed by atoms with Gasteiger partial charge >= 0.3 is 39.9 Å². The molecule has 0 radical (unpaired) electrons. The van der Waals surface area contributed by atoms with Crippen molar-refractivity contribution in [1.82, 2.24) is 0 Å². The average molecular weight is 241 g/mol.